The maximum absolute atomic E-state index is 5.08. The molecule has 0 unspecified atom stereocenters. The predicted octanol–water partition coefficient (Wildman–Crippen LogP) is 1.52. The number of thiocarbonyl (C=S) groups is 1. The third-order valence-corrected chi connectivity index (χ3v) is 2.23. The highest BCUT2D eigenvalue weighted by atomic mass is 32.1. The Morgan fingerprint density at radius 3 is 2.79 bits per heavy atom. The number of hydrogen-bond acceptors (Lipinski definition) is 2. The number of hydrogen-bond donors (Lipinski definition) is 2. The van der Waals surface area contributed by atoms with E-state index in [0.29, 0.717) is 5.11 Å². The van der Waals surface area contributed by atoms with Gasteiger partial charge in [-0.2, -0.15) is 5.10 Å². The molecule has 0 atom stereocenters. The van der Waals surface area contributed by atoms with E-state index in [-0.39, 0.29) is 0 Å². The Kier molecular flexibility index (Phi) is 3.88. The van der Waals surface area contributed by atoms with E-state index in [1.54, 1.807) is 6.20 Å². The highest BCUT2D eigenvalue weighted by Gasteiger charge is 2.05. The zero-order valence-corrected chi connectivity index (χ0v) is 9.61. The van der Waals surface area contributed by atoms with Gasteiger partial charge < -0.3 is 10.6 Å². The van der Waals surface area contributed by atoms with Gasteiger partial charge in [0, 0.05) is 13.1 Å². The Balaban J connectivity index is 2.67. The van der Waals surface area contributed by atoms with Gasteiger partial charge in [0.15, 0.2) is 5.11 Å². The van der Waals surface area contributed by atoms with Crippen LogP contribution in [-0.4, -0.2) is 21.4 Å². The summed E-state index contributed by atoms with van der Waals surface area (Å²) in [5.41, 5.74) is 2.07. The van der Waals surface area contributed by atoms with Crippen molar-refractivity contribution in [2.45, 2.75) is 27.3 Å². The summed E-state index contributed by atoms with van der Waals surface area (Å²) in [6.07, 6.45) is 1.79. The van der Waals surface area contributed by atoms with Gasteiger partial charge in [0.1, 0.15) is 0 Å². The van der Waals surface area contributed by atoms with Crippen LogP contribution in [0.4, 0.5) is 5.69 Å². The SMILES string of the molecule is CCNC(=S)Nc1cnn(CC)c1C. The molecule has 0 aliphatic rings. The predicted molar refractivity (Wildman–Crippen MR) is 62.5 cm³/mol. The summed E-state index contributed by atoms with van der Waals surface area (Å²) in [5, 5.41) is 11.0. The van der Waals surface area contributed by atoms with Crippen molar-refractivity contribution in [3.63, 3.8) is 0 Å². The summed E-state index contributed by atoms with van der Waals surface area (Å²) >= 11 is 5.08. The molecule has 0 fully saturated rings. The molecular formula is C9H16N4S. The van der Waals surface area contributed by atoms with E-state index in [1.165, 1.54) is 0 Å². The number of nitrogens with one attached hydrogen (secondary N) is 2. The van der Waals surface area contributed by atoms with Crippen molar-refractivity contribution in [3.05, 3.63) is 11.9 Å². The van der Waals surface area contributed by atoms with E-state index in [2.05, 4.69) is 22.7 Å². The molecule has 14 heavy (non-hydrogen) atoms. The van der Waals surface area contributed by atoms with Crippen molar-refractivity contribution in [1.29, 1.82) is 0 Å². The van der Waals surface area contributed by atoms with Crippen molar-refractivity contribution in [2.75, 3.05) is 11.9 Å². The van der Waals surface area contributed by atoms with Crippen LogP contribution in [0.5, 0.6) is 0 Å². The standard InChI is InChI=1S/C9H16N4S/c1-4-10-9(14)12-8-6-11-13(5-2)7(8)3/h6H,4-5H2,1-3H3,(H2,10,12,14). The molecule has 0 saturated carbocycles. The van der Waals surface area contributed by atoms with Crippen LogP contribution < -0.4 is 10.6 Å². The molecular weight excluding hydrogens is 196 g/mol. The Hall–Kier alpha value is -1.10. The Morgan fingerprint density at radius 2 is 2.29 bits per heavy atom. The smallest absolute Gasteiger partial charge is 0.170 e. The molecule has 1 heterocycles. The number of aryl methyl sites for hydroxylation is 1. The van der Waals surface area contributed by atoms with Crippen LogP contribution in [0, 0.1) is 6.92 Å². The molecule has 5 heteroatoms. The number of nitrogens with zero attached hydrogens (tertiary/aromatic N) is 2. The summed E-state index contributed by atoms with van der Waals surface area (Å²) in [6.45, 7) is 7.80. The van der Waals surface area contributed by atoms with Gasteiger partial charge in [0.05, 0.1) is 17.6 Å². The quantitative estimate of drug-likeness (QED) is 0.745. The summed E-state index contributed by atoms with van der Waals surface area (Å²) in [6, 6.07) is 0. The fourth-order valence-corrected chi connectivity index (χ4v) is 1.47. The van der Waals surface area contributed by atoms with Gasteiger partial charge in [-0.15, -0.1) is 0 Å². The lowest BCUT2D eigenvalue weighted by molar-refractivity contribution is 0.640. The lowest BCUT2D eigenvalue weighted by Gasteiger charge is -2.07. The first-order valence-corrected chi connectivity index (χ1v) is 5.17. The van der Waals surface area contributed by atoms with Gasteiger partial charge in [-0.25, -0.2) is 0 Å². The number of aromatic nitrogens is 2. The van der Waals surface area contributed by atoms with Crippen molar-refractivity contribution in [3.8, 4) is 0 Å². The van der Waals surface area contributed by atoms with Crippen LogP contribution in [0.2, 0.25) is 0 Å². The first-order chi connectivity index (χ1) is 6.69. The Labute approximate surface area is 89.7 Å². The Bertz CT molecular complexity index is 319. The van der Waals surface area contributed by atoms with E-state index < -0.39 is 0 Å². The molecule has 4 nitrogen and oxygen atoms in total. The van der Waals surface area contributed by atoms with Gasteiger partial charge >= 0.3 is 0 Å². The summed E-state index contributed by atoms with van der Waals surface area (Å²) in [7, 11) is 0. The van der Waals surface area contributed by atoms with Crippen LogP contribution in [0.3, 0.4) is 0 Å². The lowest BCUT2D eigenvalue weighted by atomic mass is 10.4. The second-order valence-corrected chi connectivity index (χ2v) is 3.35. The first-order valence-electron chi connectivity index (χ1n) is 4.76. The molecule has 0 aliphatic heterocycles. The minimum absolute atomic E-state index is 0.645. The minimum Gasteiger partial charge on any atom is -0.363 e. The van der Waals surface area contributed by atoms with Crippen LogP contribution in [-0.2, 0) is 6.54 Å². The van der Waals surface area contributed by atoms with Gasteiger partial charge in [0.25, 0.3) is 0 Å². The van der Waals surface area contributed by atoms with Crippen LogP contribution in [0.1, 0.15) is 19.5 Å². The van der Waals surface area contributed by atoms with Crippen molar-refractivity contribution in [1.82, 2.24) is 15.1 Å². The van der Waals surface area contributed by atoms with Crippen LogP contribution in [0.15, 0.2) is 6.20 Å². The average molecular weight is 212 g/mol. The largest absolute Gasteiger partial charge is 0.363 e. The third kappa shape index (κ3) is 2.45. The highest BCUT2D eigenvalue weighted by molar-refractivity contribution is 7.80. The summed E-state index contributed by atoms with van der Waals surface area (Å²) in [5.74, 6) is 0. The molecule has 0 bridgehead atoms. The molecule has 1 rings (SSSR count). The van der Waals surface area contributed by atoms with E-state index in [4.69, 9.17) is 12.2 Å². The molecule has 78 valence electrons. The van der Waals surface area contributed by atoms with Crippen LogP contribution >= 0.6 is 12.2 Å². The molecule has 1 aromatic heterocycles. The van der Waals surface area contributed by atoms with Gasteiger partial charge in [-0.3, -0.25) is 4.68 Å². The average Bonchev–Trinajstić information content (AvgIpc) is 2.48. The molecule has 0 radical (unpaired) electrons. The minimum atomic E-state index is 0.645. The van der Waals surface area contributed by atoms with Gasteiger partial charge in [-0.05, 0) is 33.0 Å². The first kappa shape index (κ1) is 11.0. The topological polar surface area (TPSA) is 41.9 Å². The lowest BCUT2D eigenvalue weighted by Crippen LogP contribution is -2.28. The van der Waals surface area contributed by atoms with E-state index >= 15 is 0 Å². The second kappa shape index (κ2) is 4.95. The summed E-state index contributed by atoms with van der Waals surface area (Å²) < 4.78 is 1.93. The van der Waals surface area contributed by atoms with Crippen molar-refractivity contribution < 1.29 is 0 Å². The van der Waals surface area contributed by atoms with Gasteiger partial charge in [-0.1, -0.05) is 0 Å². The molecule has 0 spiro atoms. The summed E-state index contributed by atoms with van der Waals surface area (Å²) in [4.78, 5) is 0. The maximum atomic E-state index is 5.08. The fraction of sp³-hybridized carbons (Fsp3) is 0.556. The molecule has 0 aliphatic carbocycles. The molecule has 0 saturated heterocycles. The molecule has 1 aromatic rings. The zero-order valence-electron chi connectivity index (χ0n) is 8.79. The van der Waals surface area contributed by atoms with Gasteiger partial charge in [0.2, 0.25) is 0 Å². The van der Waals surface area contributed by atoms with E-state index in [1.807, 2.05) is 18.5 Å². The normalized spacial score (nSPS) is 9.93. The van der Waals surface area contributed by atoms with E-state index in [0.717, 1.165) is 24.5 Å². The van der Waals surface area contributed by atoms with Crippen molar-refractivity contribution in [2.24, 2.45) is 0 Å². The monoisotopic (exact) mass is 212 g/mol. The zero-order chi connectivity index (χ0) is 10.6. The van der Waals surface area contributed by atoms with Crippen LogP contribution in [0.25, 0.3) is 0 Å². The number of anilines is 1. The molecule has 0 aromatic carbocycles. The fourth-order valence-electron chi connectivity index (χ4n) is 1.22. The van der Waals surface area contributed by atoms with E-state index in [9.17, 15) is 0 Å². The number of rotatable bonds is 3. The molecule has 0 amide bonds. The highest BCUT2D eigenvalue weighted by Crippen LogP contribution is 2.12. The Morgan fingerprint density at radius 1 is 1.57 bits per heavy atom. The second-order valence-electron chi connectivity index (χ2n) is 2.94. The third-order valence-electron chi connectivity index (χ3n) is 1.99. The molecule has 2 N–H and O–H groups in total. The van der Waals surface area contributed by atoms with Crippen molar-refractivity contribution >= 4 is 23.0 Å². The maximum Gasteiger partial charge on any atom is 0.170 e.